The summed E-state index contributed by atoms with van der Waals surface area (Å²) in [5.74, 6) is 1.14. The highest BCUT2D eigenvalue weighted by Gasteiger charge is 2.32. The molecule has 1 N–H and O–H groups in total. The zero-order valence-electron chi connectivity index (χ0n) is 15.4. The second-order valence-electron chi connectivity index (χ2n) is 6.59. The lowest BCUT2D eigenvalue weighted by molar-refractivity contribution is -0.0369. The van der Waals surface area contributed by atoms with Gasteiger partial charge in [-0.25, -0.2) is 4.79 Å². The minimum Gasteiger partial charge on any atom is -0.497 e. The molecule has 0 radical (unpaired) electrons. The van der Waals surface area contributed by atoms with Crippen LogP contribution in [0.15, 0.2) is 69.9 Å². The van der Waals surface area contributed by atoms with Gasteiger partial charge in [0.15, 0.2) is 6.29 Å². The van der Waals surface area contributed by atoms with E-state index in [0.717, 1.165) is 16.9 Å². The molecule has 0 spiro atoms. The Hall–Kier alpha value is -3.31. The van der Waals surface area contributed by atoms with Crippen LogP contribution in [-0.4, -0.2) is 18.5 Å². The van der Waals surface area contributed by atoms with Gasteiger partial charge in [-0.1, -0.05) is 48.5 Å². The molecule has 5 heteroatoms. The summed E-state index contributed by atoms with van der Waals surface area (Å²) in [6, 6.07) is 18.8. The second-order valence-corrected chi connectivity index (χ2v) is 6.59. The van der Waals surface area contributed by atoms with Crippen molar-refractivity contribution >= 4 is 12.2 Å². The summed E-state index contributed by atoms with van der Waals surface area (Å²) in [4.78, 5) is 12.7. The van der Waals surface area contributed by atoms with Crippen LogP contribution in [0, 0.1) is 0 Å². The molecule has 0 fully saturated rings. The number of rotatable bonds is 4. The van der Waals surface area contributed by atoms with E-state index in [1.54, 1.807) is 19.3 Å². The van der Waals surface area contributed by atoms with E-state index in [4.69, 9.17) is 13.9 Å². The fourth-order valence-corrected chi connectivity index (χ4v) is 3.39. The first kappa shape index (κ1) is 18.1. The van der Waals surface area contributed by atoms with Crippen LogP contribution < -0.4 is 15.1 Å². The Morgan fingerprint density at radius 3 is 2.54 bits per heavy atom. The van der Waals surface area contributed by atoms with Gasteiger partial charge in [-0.2, -0.15) is 0 Å². The molecule has 0 amide bonds. The van der Waals surface area contributed by atoms with Crippen molar-refractivity contribution in [1.29, 1.82) is 0 Å². The highest BCUT2D eigenvalue weighted by atomic mass is 16.6. The van der Waals surface area contributed by atoms with Crippen LogP contribution in [0.3, 0.4) is 0 Å². The molecule has 0 saturated carbocycles. The Morgan fingerprint density at radius 2 is 1.82 bits per heavy atom. The van der Waals surface area contributed by atoms with Crippen molar-refractivity contribution in [3.8, 4) is 11.5 Å². The zero-order valence-corrected chi connectivity index (χ0v) is 15.4. The minimum atomic E-state index is -0.993. The van der Waals surface area contributed by atoms with Gasteiger partial charge >= 0.3 is 5.63 Å². The van der Waals surface area contributed by atoms with Crippen LogP contribution in [-0.2, 0) is 0 Å². The smallest absolute Gasteiger partial charge is 0.343 e. The molecule has 2 heterocycles. The molecule has 2 atom stereocenters. The number of hydrogen-bond donors (Lipinski definition) is 1. The fourth-order valence-electron chi connectivity index (χ4n) is 3.39. The van der Waals surface area contributed by atoms with Crippen LogP contribution in [0.4, 0.5) is 0 Å². The number of ether oxygens (including phenoxy) is 2. The Kier molecular flexibility index (Phi) is 5.00. The molecule has 0 aliphatic carbocycles. The number of fused-ring (bicyclic) bond motifs is 1. The normalized spacial score (nSPS) is 18.5. The molecule has 1 aliphatic heterocycles. The van der Waals surface area contributed by atoms with Crippen molar-refractivity contribution in [2.24, 2.45) is 0 Å². The third kappa shape index (κ3) is 3.70. The van der Waals surface area contributed by atoms with Crippen molar-refractivity contribution < 1.29 is 19.0 Å². The van der Waals surface area contributed by atoms with E-state index in [9.17, 15) is 9.90 Å². The van der Waals surface area contributed by atoms with Crippen LogP contribution in [0.25, 0.3) is 12.2 Å². The molecular weight excluding hydrogens is 356 g/mol. The van der Waals surface area contributed by atoms with Crippen molar-refractivity contribution in [3.05, 3.63) is 93.5 Å². The van der Waals surface area contributed by atoms with Crippen LogP contribution in [0.2, 0.25) is 0 Å². The first-order valence-electron chi connectivity index (χ1n) is 9.04. The molecule has 0 bridgehead atoms. The largest absolute Gasteiger partial charge is 0.497 e. The van der Waals surface area contributed by atoms with E-state index in [2.05, 4.69) is 0 Å². The van der Waals surface area contributed by atoms with E-state index < -0.39 is 11.9 Å². The summed E-state index contributed by atoms with van der Waals surface area (Å²) in [6.07, 6.45) is 2.85. The summed E-state index contributed by atoms with van der Waals surface area (Å²) in [5.41, 5.74) is 1.84. The predicted molar refractivity (Wildman–Crippen MR) is 106 cm³/mol. The van der Waals surface area contributed by atoms with E-state index in [1.807, 2.05) is 60.7 Å². The van der Waals surface area contributed by atoms with E-state index in [1.165, 1.54) is 0 Å². The van der Waals surface area contributed by atoms with Gasteiger partial charge in [-0.3, -0.25) is 0 Å². The molecule has 1 aromatic heterocycles. The number of methoxy groups -OCH3 is 1. The average Bonchev–Trinajstić information content (AvgIpc) is 2.72. The fraction of sp³-hybridized carbons (Fsp3) is 0.174. The van der Waals surface area contributed by atoms with Gasteiger partial charge in [-0.05, 0) is 29.3 Å². The van der Waals surface area contributed by atoms with Gasteiger partial charge in [0.05, 0.1) is 12.7 Å². The minimum absolute atomic E-state index is 0.281. The number of hydrogen-bond acceptors (Lipinski definition) is 5. The van der Waals surface area contributed by atoms with Crippen molar-refractivity contribution in [3.63, 3.8) is 0 Å². The summed E-state index contributed by atoms with van der Waals surface area (Å²) in [7, 11) is 1.60. The van der Waals surface area contributed by atoms with Crippen LogP contribution >= 0.6 is 0 Å². The summed E-state index contributed by atoms with van der Waals surface area (Å²) in [5, 5.41) is 10.2. The zero-order chi connectivity index (χ0) is 19.5. The van der Waals surface area contributed by atoms with Gasteiger partial charge in [0, 0.05) is 18.4 Å². The number of aliphatic hydroxyl groups excluding tert-OH is 1. The van der Waals surface area contributed by atoms with Crippen LogP contribution in [0.5, 0.6) is 11.5 Å². The molecule has 1 unspecified atom stereocenters. The Morgan fingerprint density at radius 1 is 1.07 bits per heavy atom. The highest BCUT2D eigenvalue weighted by molar-refractivity contribution is 5.68. The molecule has 142 valence electrons. The Bertz CT molecular complexity index is 1030. The maximum Gasteiger partial charge on any atom is 0.343 e. The summed E-state index contributed by atoms with van der Waals surface area (Å²) < 4.78 is 16.2. The Labute approximate surface area is 162 Å². The molecule has 3 aromatic rings. The second kappa shape index (κ2) is 7.74. The Balaban J connectivity index is 1.70. The summed E-state index contributed by atoms with van der Waals surface area (Å²) >= 11 is 0. The average molecular weight is 376 g/mol. The van der Waals surface area contributed by atoms with E-state index >= 15 is 0 Å². The van der Waals surface area contributed by atoms with E-state index in [0.29, 0.717) is 17.1 Å². The first-order chi connectivity index (χ1) is 13.6. The summed E-state index contributed by atoms with van der Waals surface area (Å²) in [6.45, 7) is 0. The topological polar surface area (TPSA) is 68.9 Å². The van der Waals surface area contributed by atoms with Gasteiger partial charge < -0.3 is 19.0 Å². The van der Waals surface area contributed by atoms with Crippen molar-refractivity contribution in [1.82, 2.24) is 0 Å². The third-order valence-electron chi connectivity index (χ3n) is 4.78. The molecule has 1 aliphatic rings. The standard InChI is InChI=1S/C23H20O5/c1-26-17-11-8-16(9-12-17)19-14-21(24)28-20-13-18(27-23(25)22(19)20)10-7-15-5-3-2-4-6-15/h2-13,19,21,24H,14H2,1H3/b10-7+/t19-,21?/m0/s1. The lowest BCUT2D eigenvalue weighted by Gasteiger charge is -2.28. The predicted octanol–water partition coefficient (Wildman–Crippen LogP) is 4.05. The third-order valence-corrected chi connectivity index (χ3v) is 4.78. The van der Waals surface area contributed by atoms with Gasteiger partial charge in [0.2, 0.25) is 0 Å². The van der Waals surface area contributed by atoms with Gasteiger partial charge in [-0.15, -0.1) is 0 Å². The molecule has 2 aromatic carbocycles. The number of aliphatic hydroxyl groups is 1. The molecule has 0 saturated heterocycles. The van der Waals surface area contributed by atoms with Crippen LogP contribution in [0.1, 0.15) is 34.8 Å². The lowest BCUT2D eigenvalue weighted by atomic mass is 9.87. The maximum atomic E-state index is 12.7. The lowest BCUT2D eigenvalue weighted by Crippen LogP contribution is -2.30. The van der Waals surface area contributed by atoms with Crippen molar-refractivity contribution in [2.45, 2.75) is 18.6 Å². The molecule has 4 rings (SSSR count). The molecular formula is C23H20O5. The highest BCUT2D eigenvalue weighted by Crippen LogP contribution is 2.39. The van der Waals surface area contributed by atoms with Gasteiger partial charge in [0.25, 0.3) is 0 Å². The molecule has 5 nitrogen and oxygen atoms in total. The SMILES string of the molecule is COc1ccc([C@@H]2CC(O)Oc3cc(/C=C/c4ccccc4)oc(=O)c32)cc1. The quantitative estimate of drug-likeness (QED) is 0.744. The maximum absolute atomic E-state index is 12.7. The molecule has 28 heavy (non-hydrogen) atoms. The van der Waals surface area contributed by atoms with Gasteiger partial charge in [0.1, 0.15) is 17.3 Å². The number of benzene rings is 2. The van der Waals surface area contributed by atoms with E-state index in [-0.39, 0.29) is 12.3 Å². The monoisotopic (exact) mass is 376 g/mol. The first-order valence-corrected chi connectivity index (χ1v) is 9.04. The van der Waals surface area contributed by atoms with Crippen molar-refractivity contribution in [2.75, 3.05) is 7.11 Å².